The zero-order chi connectivity index (χ0) is 25.2. The van der Waals surface area contributed by atoms with Crippen LogP contribution in [0.25, 0.3) is 11.0 Å². The number of hydrogen-bond acceptors (Lipinski definition) is 6. The second-order valence-electron chi connectivity index (χ2n) is 8.09. The molecule has 0 bridgehead atoms. The van der Waals surface area contributed by atoms with Crippen molar-refractivity contribution in [3.8, 4) is 5.75 Å². The molecule has 7 nitrogen and oxygen atoms in total. The summed E-state index contributed by atoms with van der Waals surface area (Å²) in [5.41, 5.74) is 2.72. The minimum Gasteiger partial charge on any atom is -0.497 e. The van der Waals surface area contributed by atoms with Crippen LogP contribution < -0.4 is 10.1 Å². The fourth-order valence-electron chi connectivity index (χ4n) is 3.45. The number of methoxy groups -OCH3 is 1. The van der Waals surface area contributed by atoms with Crippen molar-refractivity contribution in [2.24, 2.45) is 0 Å². The molecule has 4 aromatic rings. The van der Waals surface area contributed by atoms with Crippen LogP contribution in [0.4, 0.5) is 5.69 Å². The molecule has 0 fully saturated rings. The van der Waals surface area contributed by atoms with Crippen LogP contribution in [0.1, 0.15) is 25.3 Å². The number of aromatic nitrogens is 2. The van der Waals surface area contributed by atoms with E-state index in [1.807, 2.05) is 24.3 Å². The second kappa shape index (κ2) is 10.4. The predicted octanol–water partition coefficient (Wildman–Crippen LogP) is 5.90. The Balaban J connectivity index is 1.64. The van der Waals surface area contributed by atoms with Crippen molar-refractivity contribution in [2.75, 3.05) is 18.2 Å². The van der Waals surface area contributed by atoms with Gasteiger partial charge in [0.05, 0.1) is 28.8 Å². The highest BCUT2D eigenvalue weighted by molar-refractivity contribution is 9.10. The number of halogens is 1. The summed E-state index contributed by atoms with van der Waals surface area (Å²) in [5.74, 6) is 0.630. The standard InChI is InChI=1S/C25H24BrN3O4S2/c1-16(2)17-4-8-19(9-5-17)27-24(30)15-34-25-28-22-13-10-20(33-3)14-23(22)29(25)35(31,32)21-11-6-18(26)7-12-21/h4-14,16H,15H2,1-3H3,(H,27,30). The molecule has 0 unspecified atom stereocenters. The molecule has 1 aromatic heterocycles. The molecule has 0 saturated carbocycles. The van der Waals surface area contributed by atoms with Crippen LogP contribution in [0.5, 0.6) is 5.75 Å². The number of hydrogen-bond donors (Lipinski definition) is 1. The lowest BCUT2D eigenvalue weighted by Crippen LogP contribution is -2.17. The molecule has 0 saturated heterocycles. The van der Waals surface area contributed by atoms with Crippen molar-refractivity contribution in [1.82, 2.24) is 8.96 Å². The molecule has 3 aromatic carbocycles. The number of thioether (sulfide) groups is 1. The first-order valence-corrected chi connectivity index (χ1v) is 14.0. The van der Waals surface area contributed by atoms with Gasteiger partial charge in [-0.1, -0.05) is 53.7 Å². The van der Waals surface area contributed by atoms with Crippen molar-refractivity contribution >= 4 is 60.3 Å². The third-order valence-corrected chi connectivity index (χ3v) is 8.64. The van der Waals surface area contributed by atoms with Crippen LogP contribution in [0.3, 0.4) is 0 Å². The Hall–Kier alpha value is -2.82. The lowest BCUT2D eigenvalue weighted by atomic mass is 10.0. The first-order valence-electron chi connectivity index (χ1n) is 10.8. The van der Waals surface area contributed by atoms with E-state index in [0.29, 0.717) is 28.4 Å². The first-order chi connectivity index (χ1) is 16.7. The van der Waals surface area contributed by atoms with Gasteiger partial charge in [0.2, 0.25) is 5.91 Å². The number of carbonyl (C=O) groups excluding carboxylic acids is 1. The van der Waals surface area contributed by atoms with E-state index in [1.54, 1.807) is 30.3 Å². The molecule has 0 aliphatic heterocycles. The van der Waals surface area contributed by atoms with Gasteiger partial charge < -0.3 is 10.1 Å². The lowest BCUT2D eigenvalue weighted by molar-refractivity contribution is -0.113. The Morgan fingerprint density at radius 3 is 2.40 bits per heavy atom. The number of nitrogens with zero attached hydrogens (tertiary/aromatic N) is 2. The van der Waals surface area contributed by atoms with E-state index < -0.39 is 10.0 Å². The summed E-state index contributed by atoms with van der Waals surface area (Å²) >= 11 is 4.39. The van der Waals surface area contributed by atoms with Gasteiger partial charge in [0, 0.05) is 16.2 Å². The Morgan fingerprint density at radius 1 is 1.09 bits per heavy atom. The third kappa shape index (κ3) is 5.55. The summed E-state index contributed by atoms with van der Waals surface area (Å²) in [5, 5.41) is 3.05. The maximum absolute atomic E-state index is 13.6. The maximum Gasteiger partial charge on any atom is 0.270 e. The van der Waals surface area contributed by atoms with E-state index in [2.05, 4.69) is 40.1 Å². The van der Waals surface area contributed by atoms with Gasteiger partial charge in [-0.3, -0.25) is 4.79 Å². The molecule has 35 heavy (non-hydrogen) atoms. The molecule has 0 spiro atoms. The second-order valence-corrected chi connectivity index (χ2v) is 11.7. The van der Waals surface area contributed by atoms with Gasteiger partial charge in [0.25, 0.3) is 10.0 Å². The molecule has 0 aliphatic carbocycles. The number of nitrogens with one attached hydrogen (secondary N) is 1. The van der Waals surface area contributed by atoms with Gasteiger partial charge in [0.15, 0.2) is 5.16 Å². The SMILES string of the molecule is COc1ccc2nc(SCC(=O)Nc3ccc(C(C)C)cc3)n(S(=O)(=O)c3ccc(Br)cc3)c2c1. The monoisotopic (exact) mass is 573 g/mol. The number of ether oxygens (including phenoxy) is 1. The Morgan fingerprint density at radius 2 is 1.77 bits per heavy atom. The number of fused-ring (bicyclic) bond motifs is 1. The molecule has 0 radical (unpaired) electrons. The number of carbonyl (C=O) groups is 1. The van der Waals surface area contributed by atoms with Gasteiger partial charge in [0.1, 0.15) is 5.75 Å². The molecule has 1 amide bonds. The molecule has 10 heteroatoms. The molecular weight excluding hydrogens is 550 g/mol. The van der Waals surface area contributed by atoms with Crippen molar-refractivity contribution < 1.29 is 17.9 Å². The summed E-state index contributed by atoms with van der Waals surface area (Å²) in [7, 11) is -2.48. The van der Waals surface area contributed by atoms with Gasteiger partial charge in [-0.05, 0) is 60.0 Å². The molecule has 182 valence electrons. The molecule has 1 heterocycles. The summed E-state index contributed by atoms with van der Waals surface area (Å²) in [6, 6.07) is 19.1. The third-order valence-electron chi connectivity index (χ3n) is 5.34. The smallest absolute Gasteiger partial charge is 0.270 e. The number of rotatable bonds is 8. The van der Waals surface area contributed by atoms with Crippen LogP contribution in [-0.4, -0.2) is 36.1 Å². The van der Waals surface area contributed by atoms with Crippen LogP contribution in [-0.2, 0) is 14.8 Å². The zero-order valence-electron chi connectivity index (χ0n) is 19.4. The highest BCUT2D eigenvalue weighted by Gasteiger charge is 2.25. The average Bonchev–Trinajstić information content (AvgIpc) is 3.21. The van der Waals surface area contributed by atoms with Crippen molar-refractivity contribution in [2.45, 2.75) is 29.8 Å². The van der Waals surface area contributed by atoms with Gasteiger partial charge in [-0.2, -0.15) is 0 Å². The van der Waals surface area contributed by atoms with Gasteiger partial charge >= 0.3 is 0 Å². The summed E-state index contributed by atoms with van der Waals surface area (Å²) in [4.78, 5) is 17.3. The van der Waals surface area contributed by atoms with Crippen molar-refractivity contribution in [3.63, 3.8) is 0 Å². The summed E-state index contributed by atoms with van der Waals surface area (Å²) in [6.07, 6.45) is 0. The predicted molar refractivity (Wildman–Crippen MR) is 143 cm³/mol. The molecule has 1 N–H and O–H groups in total. The largest absolute Gasteiger partial charge is 0.497 e. The zero-order valence-corrected chi connectivity index (χ0v) is 22.6. The summed E-state index contributed by atoms with van der Waals surface area (Å²) < 4.78 is 34.5. The Kier molecular flexibility index (Phi) is 7.53. The highest BCUT2D eigenvalue weighted by Crippen LogP contribution is 2.31. The minimum absolute atomic E-state index is 0.0117. The van der Waals surface area contributed by atoms with Gasteiger partial charge in [-0.15, -0.1) is 0 Å². The van der Waals surface area contributed by atoms with Crippen molar-refractivity contribution in [1.29, 1.82) is 0 Å². The average molecular weight is 575 g/mol. The highest BCUT2D eigenvalue weighted by atomic mass is 79.9. The van der Waals surface area contributed by atoms with Crippen LogP contribution in [0, 0.1) is 0 Å². The Bertz CT molecular complexity index is 1470. The van der Waals surface area contributed by atoms with Crippen molar-refractivity contribution in [3.05, 3.63) is 76.8 Å². The van der Waals surface area contributed by atoms with Gasteiger partial charge in [-0.25, -0.2) is 17.4 Å². The van der Waals surface area contributed by atoms with E-state index in [4.69, 9.17) is 4.74 Å². The molecule has 0 atom stereocenters. The minimum atomic E-state index is -3.99. The summed E-state index contributed by atoms with van der Waals surface area (Å²) in [6.45, 7) is 4.21. The van der Waals surface area contributed by atoms with E-state index in [0.717, 1.165) is 16.2 Å². The lowest BCUT2D eigenvalue weighted by Gasteiger charge is -2.11. The number of imidazole rings is 1. The van der Waals surface area contributed by atoms with E-state index >= 15 is 0 Å². The fraction of sp³-hybridized carbons (Fsp3) is 0.200. The van der Waals surface area contributed by atoms with E-state index in [1.165, 1.54) is 28.8 Å². The molecule has 0 aliphatic rings. The normalized spacial score (nSPS) is 11.7. The molecule has 4 rings (SSSR count). The van der Waals surface area contributed by atoms with Crippen LogP contribution in [0.2, 0.25) is 0 Å². The topological polar surface area (TPSA) is 90.3 Å². The maximum atomic E-state index is 13.6. The van der Waals surface area contributed by atoms with E-state index in [9.17, 15) is 13.2 Å². The van der Waals surface area contributed by atoms with Crippen LogP contribution >= 0.6 is 27.7 Å². The number of amides is 1. The number of benzene rings is 3. The van der Waals surface area contributed by atoms with E-state index in [-0.39, 0.29) is 21.7 Å². The number of anilines is 1. The molecular formula is C25H24BrN3O4S2. The van der Waals surface area contributed by atoms with Crippen LogP contribution in [0.15, 0.2) is 81.3 Å². The quantitative estimate of drug-likeness (QED) is 0.264. The fourth-order valence-corrected chi connectivity index (χ4v) is 6.22. The first kappa shape index (κ1) is 25.3. The Labute approximate surface area is 217 Å².